The Morgan fingerprint density at radius 1 is 0.895 bits per heavy atom. The molecular formula is C16H15N3. The van der Waals surface area contributed by atoms with Gasteiger partial charge in [-0.05, 0) is 23.1 Å². The lowest BCUT2D eigenvalue weighted by molar-refractivity contribution is 1.10. The van der Waals surface area contributed by atoms with Crippen LogP contribution in [-0.2, 0) is 6.42 Å². The maximum Gasteiger partial charge on any atom is 0.145 e. The highest BCUT2D eigenvalue weighted by atomic mass is 15.2. The van der Waals surface area contributed by atoms with E-state index >= 15 is 0 Å². The molecule has 2 aromatic carbocycles. The number of nitrogen functional groups attached to an aromatic ring is 1. The second kappa shape index (κ2) is 4.98. The minimum atomic E-state index is 0.517. The first-order valence-electron chi connectivity index (χ1n) is 6.25. The van der Waals surface area contributed by atoms with Crippen LogP contribution >= 0.6 is 0 Å². The molecule has 3 N–H and O–H groups in total. The summed E-state index contributed by atoms with van der Waals surface area (Å²) < 4.78 is 0. The van der Waals surface area contributed by atoms with E-state index in [0.717, 1.165) is 17.7 Å². The molecule has 0 fully saturated rings. The lowest BCUT2D eigenvalue weighted by Gasteiger charge is -2.03. The SMILES string of the molecule is Nc1cc(-c2ccc(Cc3ccccc3)cc2)[nH]n1. The molecule has 3 heteroatoms. The summed E-state index contributed by atoms with van der Waals surface area (Å²) in [5.74, 6) is 0.517. The number of nitrogens with one attached hydrogen (secondary N) is 1. The molecule has 0 saturated heterocycles. The van der Waals surface area contributed by atoms with Crippen LogP contribution in [0.3, 0.4) is 0 Å². The third-order valence-corrected chi connectivity index (χ3v) is 3.11. The van der Waals surface area contributed by atoms with E-state index in [-0.39, 0.29) is 0 Å². The van der Waals surface area contributed by atoms with Crippen LogP contribution < -0.4 is 5.73 Å². The molecule has 0 bridgehead atoms. The number of hydrogen-bond donors (Lipinski definition) is 2. The van der Waals surface area contributed by atoms with Crippen LogP contribution in [0.2, 0.25) is 0 Å². The molecule has 1 aromatic heterocycles. The number of rotatable bonds is 3. The Morgan fingerprint density at radius 2 is 1.58 bits per heavy atom. The van der Waals surface area contributed by atoms with Crippen molar-refractivity contribution in [1.82, 2.24) is 10.2 Å². The summed E-state index contributed by atoms with van der Waals surface area (Å²) in [6, 6.07) is 20.7. The van der Waals surface area contributed by atoms with Crippen LogP contribution in [0, 0.1) is 0 Å². The predicted octanol–water partition coefficient (Wildman–Crippen LogP) is 3.25. The zero-order valence-electron chi connectivity index (χ0n) is 10.5. The van der Waals surface area contributed by atoms with Crippen molar-refractivity contribution in [1.29, 1.82) is 0 Å². The molecule has 3 nitrogen and oxygen atoms in total. The van der Waals surface area contributed by atoms with Crippen molar-refractivity contribution in [3.8, 4) is 11.3 Å². The Morgan fingerprint density at radius 3 is 2.21 bits per heavy atom. The number of nitrogens with two attached hydrogens (primary N) is 1. The largest absolute Gasteiger partial charge is 0.382 e. The van der Waals surface area contributed by atoms with Gasteiger partial charge in [-0.2, -0.15) is 5.10 Å². The van der Waals surface area contributed by atoms with E-state index in [4.69, 9.17) is 5.73 Å². The molecule has 0 aliphatic carbocycles. The zero-order valence-corrected chi connectivity index (χ0v) is 10.5. The van der Waals surface area contributed by atoms with E-state index in [1.165, 1.54) is 11.1 Å². The molecule has 19 heavy (non-hydrogen) atoms. The van der Waals surface area contributed by atoms with Gasteiger partial charge in [-0.1, -0.05) is 54.6 Å². The molecule has 0 atom stereocenters. The lowest BCUT2D eigenvalue weighted by atomic mass is 10.0. The molecule has 0 aliphatic heterocycles. The van der Waals surface area contributed by atoms with Gasteiger partial charge in [0.2, 0.25) is 0 Å². The van der Waals surface area contributed by atoms with Crippen LogP contribution in [-0.4, -0.2) is 10.2 Å². The van der Waals surface area contributed by atoms with Crippen molar-refractivity contribution in [2.75, 3.05) is 5.73 Å². The smallest absolute Gasteiger partial charge is 0.145 e. The van der Waals surface area contributed by atoms with Gasteiger partial charge in [0.15, 0.2) is 0 Å². The van der Waals surface area contributed by atoms with Gasteiger partial charge in [0.1, 0.15) is 5.82 Å². The first-order chi connectivity index (χ1) is 9.31. The summed E-state index contributed by atoms with van der Waals surface area (Å²) in [5, 5.41) is 6.85. The van der Waals surface area contributed by atoms with Crippen molar-refractivity contribution in [2.24, 2.45) is 0 Å². The fraction of sp³-hybridized carbons (Fsp3) is 0.0625. The number of hydrogen-bond acceptors (Lipinski definition) is 2. The topological polar surface area (TPSA) is 54.7 Å². The van der Waals surface area contributed by atoms with Gasteiger partial charge in [0.05, 0.1) is 5.69 Å². The summed E-state index contributed by atoms with van der Waals surface area (Å²) in [5.41, 5.74) is 10.3. The fourth-order valence-corrected chi connectivity index (χ4v) is 2.12. The molecule has 0 saturated carbocycles. The average molecular weight is 249 g/mol. The second-order valence-electron chi connectivity index (χ2n) is 4.57. The van der Waals surface area contributed by atoms with Gasteiger partial charge in [0.25, 0.3) is 0 Å². The van der Waals surface area contributed by atoms with Crippen LogP contribution in [0.15, 0.2) is 60.7 Å². The number of aromatic amines is 1. The molecular weight excluding hydrogens is 234 g/mol. The highest BCUT2D eigenvalue weighted by Crippen LogP contribution is 2.20. The molecule has 0 spiro atoms. The highest BCUT2D eigenvalue weighted by Gasteiger charge is 2.02. The maximum atomic E-state index is 5.61. The van der Waals surface area contributed by atoms with Crippen LogP contribution in [0.5, 0.6) is 0 Å². The predicted molar refractivity (Wildman–Crippen MR) is 77.7 cm³/mol. The van der Waals surface area contributed by atoms with E-state index in [9.17, 15) is 0 Å². The van der Waals surface area contributed by atoms with Crippen molar-refractivity contribution in [3.63, 3.8) is 0 Å². The summed E-state index contributed by atoms with van der Waals surface area (Å²) in [7, 11) is 0. The Labute approximate surface area is 112 Å². The Kier molecular flexibility index (Phi) is 3.02. The van der Waals surface area contributed by atoms with Crippen molar-refractivity contribution in [2.45, 2.75) is 6.42 Å². The molecule has 3 rings (SSSR count). The third kappa shape index (κ3) is 2.65. The number of H-pyrrole nitrogens is 1. The van der Waals surface area contributed by atoms with Gasteiger partial charge in [-0.25, -0.2) is 0 Å². The fourth-order valence-electron chi connectivity index (χ4n) is 2.12. The van der Waals surface area contributed by atoms with E-state index in [0.29, 0.717) is 5.82 Å². The molecule has 1 heterocycles. The molecule has 0 radical (unpaired) electrons. The Balaban J connectivity index is 1.79. The normalized spacial score (nSPS) is 10.5. The number of anilines is 1. The molecule has 0 aliphatic rings. The average Bonchev–Trinajstić information content (AvgIpc) is 2.87. The van der Waals surface area contributed by atoms with Gasteiger partial charge in [-0.3, -0.25) is 5.10 Å². The summed E-state index contributed by atoms with van der Waals surface area (Å²) >= 11 is 0. The standard InChI is InChI=1S/C16H15N3/c17-16-11-15(18-19-16)14-8-6-13(7-9-14)10-12-4-2-1-3-5-12/h1-9,11H,10H2,(H3,17,18,19). The molecule has 0 amide bonds. The second-order valence-corrected chi connectivity index (χ2v) is 4.57. The highest BCUT2D eigenvalue weighted by molar-refractivity contribution is 5.62. The number of aromatic nitrogens is 2. The first kappa shape index (κ1) is 11.5. The van der Waals surface area contributed by atoms with Gasteiger partial charge < -0.3 is 5.73 Å². The van der Waals surface area contributed by atoms with Crippen LogP contribution in [0.25, 0.3) is 11.3 Å². The van der Waals surface area contributed by atoms with E-state index in [1.54, 1.807) is 0 Å². The van der Waals surface area contributed by atoms with Gasteiger partial charge in [-0.15, -0.1) is 0 Å². The summed E-state index contributed by atoms with van der Waals surface area (Å²) in [6.07, 6.45) is 0.951. The maximum absolute atomic E-state index is 5.61. The third-order valence-electron chi connectivity index (χ3n) is 3.11. The molecule has 3 aromatic rings. The number of benzene rings is 2. The first-order valence-corrected chi connectivity index (χ1v) is 6.25. The van der Waals surface area contributed by atoms with Crippen molar-refractivity contribution >= 4 is 5.82 Å². The lowest BCUT2D eigenvalue weighted by Crippen LogP contribution is -1.87. The Bertz CT molecular complexity index is 654. The molecule has 0 unspecified atom stereocenters. The van der Waals surface area contributed by atoms with Gasteiger partial charge >= 0.3 is 0 Å². The van der Waals surface area contributed by atoms with Crippen molar-refractivity contribution < 1.29 is 0 Å². The van der Waals surface area contributed by atoms with Crippen LogP contribution in [0.4, 0.5) is 5.82 Å². The van der Waals surface area contributed by atoms with Gasteiger partial charge in [0, 0.05) is 6.07 Å². The zero-order chi connectivity index (χ0) is 13.1. The van der Waals surface area contributed by atoms with Crippen molar-refractivity contribution in [3.05, 3.63) is 71.8 Å². The van der Waals surface area contributed by atoms with E-state index in [2.05, 4.69) is 58.7 Å². The Hall–Kier alpha value is -2.55. The number of nitrogens with zero attached hydrogens (tertiary/aromatic N) is 1. The van der Waals surface area contributed by atoms with Crippen LogP contribution in [0.1, 0.15) is 11.1 Å². The quantitative estimate of drug-likeness (QED) is 0.748. The van der Waals surface area contributed by atoms with E-state index in [1.807, 2.05) is 12.1 Å². The minimum Gasteiger partial charge on any atom is -0.382 e. The monoisotopic (exact) mass is 249 g/mol. The molecule has 94 valence electrons. The minimum absolute atomic E-state index is 0.517. The van der Waals surface area contributed by atoms with E-state index < -0.39 is 0 Å². The summed E-state index contributed by atoms with van der Waals surface area (Å²) in [6.45, 7) is 0. The summed E-state index contributed by atoms with van der Waals surface area (Å²) in [4.78, 5) is 0.